The maximum Gasteiger partial charge on any atom is 0.191 e. The van der Waals surface area contributed by atoms with Crippen molar-refractivity contribution >= 4 is 29.9 Å². The number of hydrogen-bond acceptors (Lipinski definition) is 3. The molecule has 1 aliphatic carbocycles. The normalized spacial score (nSPS) is 16.9. The predicted octanol–water partition coefficient (Wildman–Crippen LogP) is 3.76. The molecule has 1 aromatic heterocycles. The molecule has 160 valence electrons. The number of hydrogen-bond donors (Lipinski definition) is 3. The number of rotatable bonds is 8. The molecule has 0 saturated heterocycles. The quantitative estimate of drug-likeness (QED) is 0.288. The van der Waals surface area contributed by atoms with Crippen LogP contribution in [0, 0.1) is 0 Å². The molecule has 1 aromatic carbocycles. The Kier molecular flexibility index (Phi) is 9.42. The minimum absolute atomic E-state index is 0. The summed E-state index contributed by atoms with van der Waals surface area (Å²) < 4.78 is 1.87. The van der Waals surface area contributed by atoms with E-state index in [1.165, 1.54) is 31.2 Å². The van der Waals surface area contributed by atoms with Crippen LogP contribution in [0.25, 0.3) is 0 Å². The lowest BCUT2D eigenvalue weighted by Crippen LogP contribution is -2.54. The fourth-order valence-electron chi connectivity index (χ4n) is 4.02. The predicted molar refractivity (Wildman–Crippen MR) is 131 cm³/mol. The molecule has 3 N–H and O–H groups in total. The zero-order chi connectivity index (χ0) is 19.8. The van der Waals surface area contributed by atoms with Crippen molar-refractivity contribution in [1.29, 1.82) is 0 Å². The molecule has 7 heteroatoms. The Bertz CT molecular complexity index is 752. The van der Waals surface area contributed by atoms with E-state index in [0.29, 0.717) is 12.6 Å². The molecule has 1 saturated carbocycles. The summed E-state index contributed by atoms with van der Waals surface area (Å²) in [7, 11) is 1.95. The van der Waals surface area contributed by atoms with Gasteiger partial charge in [-0.15, -0.1) is 24.0 Å². The first-order chi connectivity index (χ1) is 13.6. The second-order valence-electron chi connectivity index (χ2n) is 7.76. The van der Waals surface area contributed by atoms with Gasteiger partial charge in [-0.3, -0.25) is 4.68 Å². The van der Waals surface area contributed by atoms with E-state index in [1.807, 2.05) is 24.0 Å². The zero-order valence-electron chi connectivity index (χ0n) is 17.8. The fraction of sp³-hybridized carbons (Fsp3) is 0.545. The number of guanidine groups is 1. The number of halogens is 1. The third kappa shape index (κ3) is 6.70. The molecular weight excluding hydrogens is 475 g/mol. The molecule has 0 aliphatic heterocycles. The lowest BCUT2D eigenvalue weighted by molar-refractivity contribution is 0.297. The average Bonchev–Trinajstić information content (AvgIpc) is 3.34. The molecule has 1 aliphatic rings. The summed E-state index contributed by atoms with van der Waals surface area (Å²) in [4.78, 5) is 4.75. The van der Waals surface area contributed by atoms with Crippen molar-refractivity contribution in [3.05, 3.63) is 53.9 Å². The molecule has 0 amide bonds. The van der Waals surface area contributed by atoms with Gasteiger partial charge in [0.25, 0.3) is 0 Å². The number of aromatic nitrogens is 2. The van der Waals surface area contributed by atoms with Crippen molar-refractivity contribution in [2.24, 2.45) is 12.0 Å². The fourth-order valence-corrected chi connectivity index (χ4v) is 4.02. The van der Waals surface area contributed by atoms with Gasteiger partial charge in [0.05, 0.1) is 12.2 Å². The smallest absolute Gasteiger partial charge is 0.191 e. The van der Waals surface area contributed by atoms with Crippen LogP contribution in [-0.4, -0.2) is 34.4 Å². The SMILES string of the molecule is CCNC(=NCc1ccnn1C)NCC1(NC(C)c2ccccc2)CCCC1.I. The first kappa shape index (κ1) is 23.7. The highest BCUT2D eigenvalue weighted by molar-refractivity contribution is 14.0. The average molecular weight is 510 g/mol. The summed E-state index contributed by atoms with van der Waals surface area (Å²) in [5.41, 5.74) is 2.55. The number of aryl methyl sites for hydroxylation is 1. The van der Waals surface area contributed by atoms with Crippen LogP contribution in [0.2, 0.25) is 0 Å². The van der Waals surface area contributed by atoms with Crippen molar-refractivity contribution in [2.75, 3.05) is 13.1 Å². The molecule has 0 spiro atoms. The molecule has 1 fully saturated rings. The van der Waals surface area contributed by atoms with Gasteiger partial charge < -0.3 is 16.0 Å². The molecule has 2 aromatic rings. The van der Waals surface area contributed by atoms with Gasteiger partial charge in [-0.2, -0.15) is 5.10 Å². The van der Waals surface area contributed by atoms with E-state index in [0.717, 1.165) is 24.7 Å². The summed E-state index contributed by atoms with van der Waals surface area (Å²) >= 11 is 0. The van der Waals surface area contributed by atoms with Crippen molar-refractivity contribution in [3.8, 4) is 0 Å². The maximum atomic E-state index is 4.75. The summed E-state index contributed by atoms with van der Waals surface area (Å²) in [5.74, 6) is 0.865. The van der Waals surface area contributed by atoms with Crippen LogP contribution in [0.5, 0.6) is 0 Å². The van der Waals surface area contributed by atoms with Gasteiger partial charge in [0, 0.05) is 37.9 Å². The van der Waals surface area contributed by atoms with Crippen LogP contribution in [0.3, 0.4) is 0 Å². The Labute approximate surface area is 192 Å². The largest absolute Gasteiger partial charge is 0.357 e. The number of benzene rings is 1. The van der Waals surface area contributed by atoms with Crippen molar-refractivity contribution in [3.63, 3.8) is 0 Å². The summed E-state index contributed by atoms with van der Waals surface area (Å²) in [5, 5.41) is 15.1. The summed E-state index contributed by atoms with van der Waals surface area (Å²) in [6, 6.07) is 13.0. The third-order valence-electron chi connectivity index (χ3n) is 5.64. The van der Waals surface area contributed by atoms with E-state index in [2.05, 4.69) is 65.2 Å². The summed E-state index contributed by atoms with van der Waals surface area (Å²) in [6.45, 7) is 6.70. The Morgan fingerprint density at radius 1 is 1.17 bits per heavy atom. The first-order valence-corrected chi connectivity index (χ1v) is 10.4. The monoisotopic (exact) mass is 510 g/mol. The van der Waals surface area contributed by atoms with Crippen LogP contribution in [0.4, 0.5) is 0 Å². The number of nitrogens with zero attached hydrogens (tertiary/aromatic N) is 3. The topological polar surface area (TPSA) is 66.3 Å². The van der Waals surface area contributed by atoms with Gasteiger partial charge in [0.2, 0.25) is 0 Å². The number of nitrogens with one attached hydrogen (secondary N) is 3. The minimum Gasteiger partial charge on any atom is -0.357 e. The van der Waals surface area contributed by atoms with Gasteiger partial charge in [0.15, 0.2) is 5.96 Å². The molecule has 1 atom stereocenters. The highest BCUT2D eigenvalue weighted by Gasteiger charge is 2.35. The van der Waals surface area contributed by atoms with E-state index < -0.39 is 0 Å². The highest BCUT2D eigenvalue weighted by atomic mass is 127. The molecule has 1 unspecified atom stereocenters. The van der Waals surface area contributed by atoms with E-state index in [4.69, 9.17) is 4.99 Å². The second kappa shape index (κ2) is 11.5. The Balaban J connectivity index is 0.00000300. The molecule has 3 rings (SSSR count). The molecular formula is C22H35IN6. The van der Waals surface area contributed by atoms with Gasteiger partial charge in [-0.05, 0) is 38.3 Å². The van der Waals surface area contributed by atoms with Gasteiger partial charge in [-0.1, -0.05) is 43.2 Å². The minimum atomic E-state index is 0. The molecule has 0 radical (unpaired) electrons. The van der Waals surface area contributed by atoms with Crippen molar-refractivity contribution < 1.29 is 0 Å². The van der Waals surface area contributed by atoms with Crippen LogP contribution in [0.1, 0.15) is 56.8 Å². The number of aliphatic imine (C=N–C) groups is 1. The van der Waals surface area contributed by atoms with Crippen LogP contribution in [-0.2, 0) is 13.6 Å². The molecule has 6 nitrogen and oxygen atoms in total. The van der Waals surface area contributed by atoms with E-state index >= 15 is 0 Å². The van der Waals surface area contributed by atoms with Crippen LogP contribution >= 0.6 is 24.0 Å². The van der Waals surface area contributed by atoms with E-state index in [-0.39, 0.29) is 29.5 Å². The third-order valence-corrected chi connectivity index (χ3v) is 5.64. The molecule has 29 heavy (non-hydrogen) atoms. The highest BCUT2D eigenvalue weighted by Crippen LogP contribution is 2.31. The Morgan fingerprint density at radius 2 is 1.90 bits per heavy atom. The van der Waals surface area contributed by atoms with Crippen molar-refractivity contribution in [1.82, 2.24) is 25.7 Å². The van der Waals surface area contributed by atoms with Crippen LogP contribution in [0.15, 0.2) is 47.6 Å². The molecule has 1 heterocycles. The maximum absolute atomic E-state index is 4.75. The standard InChI is InChI=1S/C22H34N6.HI/c1-4-23-21(24-16-20-12-15-26-28(20)3)25-17-22(13-8-9-14-22)27-18(2)19-10-6-5-7-11-19;/h5-7,10-12,15,18,27H,4,8-9,13-14,16-17H2,1-3H3,(H2,23,24,25);1H. The lowest BCUT2D eigenvalue weighted by atomic mass is 9.94. The Morgan fingerprint density at radius 3 is 2.52 bits per heavy atom. The van der Waals surface area contributed by atoms with Gasteiger partial charge in [0.1, 0.15) is 0 Å². The van der Waals surface area contributed by atoms with Gasteiger partial charge in [-0.25, -0.2) is 4.99 Å². The second-order valence-corrected chi connectivity index (χ2v) is 7.76. The van der Waals surface area contributed by atoms with E-state index in [1.54, 1.807) is 0 Å². The van der Waals surface area contributed by atoms with Crippen molar-refractivity contribution in [2.45, 2.75) is 57.7 Å². The lowest BCUT2D eigenvalue weighted by Gasteiger charge is -2.35. The molecule has 0 bridgehead atoms. The van der Waals surface area contributed by atoms with E-state index in [9.17, 15) is 0 Å². The first-order valence-electron chi connectivity index (χ1n) is 10.4. The van der Waals surface area contributed by atoms with Gasteiger partial charge >= 0.3 is 0 Å². The van der Waals surface area contributed by atoms with Crippen LogP contribution < -0.4 is 16.0 Å². The Hall–Kier alpha value is -1.61. The summed E-state index contributed by atoms with van der Waals surface area (Å²) in [6.07, 6.45) is 6.75. The zero-order valence-corrected chi connectivity index (χ0v) is 20.1.